The lowest BCUT2D eigenvalue weighted by atomic mass is 9.87. The Labute approximate surface area is 61.1 Å². The van der Waals surface area contributed by atoms with Crippen molar-refractivity contribution in [3.63, 3.8) is 0 Å². The molecule has 60 valence electrons. The van der Waals surface area contributed by atoms with Gasteiger partial charge in [0.1, 0.15) is 0 Å². The molecule has 1 aliphatic heterocycles. The number of β-amino-alcohol motifs (C(OH)–C–C–N with tert-alkyl or cyclic N) is 1. The number of hydrogen-bond acceptors (Lipinski definition) is 3. The lowest BCUT2D eigenvalue weighted by Crippen LogP contribution is -2.53. The fraction of sp³-hybridized carbons (Fsp3) is 1.00. The van der Waals surface area contributed by atoms with Crippen molar-refractivity contribution in [3.8, 4) is 0 Å². The molecule has 0 radical (unpaired) electrons. The van der Waals surface area contributed by atoms with Gasteiger partial charge in [0, 0.05) is 6.54 Å². The second-order valence-electron chi connectivity index (χ2n) is 2.93. The van der Waals surface area contributed by atoms with Crippen LogP contribution in [0.1, 0.15) is 19.8 Å². The van der Waals surface area contributed by atoms with Gasteiger partial charge in [-0.05, 0) is 19.4 Å². The largest absolute Gasteiger partial charge is 0.389 e. The molecule has 10 heavy (non-hydrogen) atoms. The standard InChI is InChI=1S/C7H15NO2/c1-2-7(10)3-4-8-5-6(7)9/h6,8-10H,2-5H2,1H3/t6-,7+/m0/s1. The Morgan fingerprint density at radius 2 is 2.40 bits per heavy atom. The van der Waals surface area contributed by atoms with Gasteiger partial charge in [-0.25, -0.2) is 0 Å². The summed E-state index contributed by atoms with van der Waals surface area (Å²) >= 11 is 0. The van der Waals surface area contributed by atoms with Crippen LogP contribution in [0.25, 0.3) is 0 Å². The Morgan fingerprint density at radius 1 is 1.70 bits per heavy atom. The fourth-order valence-electron chi connectivity index (χ4n) is 1.31. The minimum absolute atomic E-state index is 0.518. The highest BCUT2D eigenvalue weighted by Gasteiger charge is 2.35. The van der Waals surface area contributed by atoms with Crippen LogP contribution in [0, 0.1) is 0 Å². The minimum atomic E-state index is -0.828. The number of piperidine rings is 1. The molecule has 0 aromatic rings. The van der Waals surface area contributed by atoms with E-state index in [4.69, 9.17) is 0 Å². The van der Waals surface area contributed by atoms with Crippen LogP contribution < -0.4 is 5.32 Å². The summed E-state index contributed by atoms with van der Waals surface area (Å²) in [6.45, 7) is 3.22. The van der Waals surface area contributed by atoms with E-state index < -0.39 is 11.7 Å². The highest BCUT2D eigenvalue weighted by molar-refractivity contribution is 4.90. The van der Waals surface area contributed by atoms with E-state index in [-0.39, 0.29) is 0 Å². The van der Waals surface area contributed by atoms with Crippen molar-refractivity contribution < 1.29 is 10.2 Å². The SMILES string of the molecule is CC[C@@]1(O)CCNC[C@@H]1O. The smallest absolute Gasteiger partial charge is 0.0951 e. The first-order valence-electron chi connectivity index (χ1n) is 3.80. The maximum atomic E-state index is 9.66. The van der Waals surface area contributed by atoms with Crippen LogP contribution in [-0.4, -0.2) is 35.0 Å². The Bertz CT molecular complexity index is 118. The van der Waals surface area contributed by atoms with E-state index in [0.29, 0.717) is 19.4 Å². The third kappa shape index (κ3) is 1.31. The van der Waals surface area contributed by atoms with E-state index in [0.717, 1.165) is 6.54 Å². The molecule has 2 atom stereocenters. The lowest BCUT2D eigenvalue weighted by molar-refractivity contribution is -0.0937. The van der Waals surface area contributed by atoms with Crippen LogP contribution in [0.4, 0.5) is 0 Å². The Morgan fingerprint density at radius 3 is 2.80 bits per heavy atom. The van der Waals surface area contributed by atoms with E-state index >= 15 is 0 Å². The van der Waals surface area contributed by atoms with Crippen LogP contribution in [0.3, 0.4) is 0 Å². The molecule has 0 aliphatic carbocycles. The number of hydrogen-bond donors (Lipinski definition) is 3. The van der Waals surface area contributed by atoms with Gasteiger partial charge in [0.2, 0.25) is 0 Å². The van der Waals surface area contributed by atoms with Crippen LogP contribution >= 0.6 is 0 Å². The predicted octanol–water partition coefficient (Wildman–Crippen LogP) is -0.518. The number of aliphatic hydroxyl groups excluding tert-OH is 1. The van der Waals surface area contributed by atoms with E-state index in [1.807, 2.05) is 6.92 Å². The summed E-state index contributed by atoms with van der Waals surface area (Å²) in [4.78, 5) is 0. The summed E-state index contributed by atoms with van der Waals surface area (Å²) in [7, 11) is 0. The highest BCUT2D eigenvalue weighted by Crippen LogP contribution is 2.21. The molecule has 0 amide bonds. The van der Waals surface area contributed by atoms with Gasteiger partial charge in [0.05, 0.1) is 11.7 Å². The van der Waals surface area contributed by atoms with E-state index in [2.05, 4.69) is 5.32 Å². The molecular formula is C7H15NO2. The molecule has 3 nitrogen and oxygen atoms in total. The molecule has 1 aliphatic rings. The number of aliphatic hydroxyl groups is 2. The van der Waals surface area contributed by atoms with Crippen molar-refractivity contribution in [3.05, 3.63) is 0 Å². The summed E-state index contributed by atoms with van der Waals surface area (Å²) in [6.07, 6.45) is 0.701. The first kappa shape index (κ1) is 7.98. The summed E-state index contributed by atoms with van der Waals surface area (Å²) < 4.78 is 0. The van der Waals surface area contributed by atoms with Gasteiger partial charge in [-0.1, -0.05) is 6.92 Å². The zero-order valence-corrected chi connectivity index (χ0v) is 6.30. The molecule has 0 unspecified atom stereocenters. The van der Waals surface area contributed by atoms with Crippen LogP contribution in [-0.2, 0) is 0 Å². The van der Waals surface area contributed by atoms with Crippen molar-refractivity contribution in [1.82, 2.24) is 5.32 Å². The van der Waals surface area contributed by atoms with Gasteiger partial charge in [-0.15, -0.1) is 0 Å². The normalized spacial score (nSPS) is 41.7. The molecule has 1 fully saturated rings. The van der Waals surface area contributed by atoms with Gasteiger partial charge < -0.3 is 15.5 Å². The molecule has 3 N–H and O–H groups in total. The van der Waals surface area contributed by atoms with Gasteiger partial charge in [-0.2, -0.15) is 0 Å². The third-order valence-corrected chi connectivity index (χ3v) is 2.30. The first-order chi connectivity index (χ1) is 4.69. The first-order valence-corrected chi connectivity index (χ1v) is 3.80. The molecule has 0 aromatic heterocycles. The van der Waals surface area contributed by atoms with E-state index in [9.17, 15) is 10.2 Å². The van der Waals surface area contributed by atoms with E-state index in [1.54, 1.807) is 0 Å². The van der Waals surface area contributed by atoms with E-state index in [1.165, 1.54) is 0 Å². The quantitative estimate of drug-likeness (QED) is 0.465. The molecular weight excluding hydrogens is 130 g/mol. The Hall–Kier alpha value is -0.120. The van der Waals surface area contributed by atoms with Gasteiger partial charge in [-0.3, -0.25) is 0 Å². The van der Waals surface area contributed by atoms with Gasteiger partial charge >= 0.3 is 0 Å². The van der Waals surface area contributed by atoms with Crippen molar-refractivity contribution >= 4 is 0 Å². The zero-order chi connectivity index (χ0) is 7.61. The summed E-state index contributed by atoms with van der Waals surface area (Å²) in [5.74, 6) is 0. The number of rotatable bonds is 1. The average Bonchev–Trinajstić information content (AvgIpc) is 1.96. The molecule has 1 saturated heterocycles. The second kappa shape index (κ2) is 2.86. The Balaban J connectivity index is 2.54. The van der Waals surface area contributed by atoms with Gasteiger partial charge in [0.25, 0.3) is 0 Å². The topological polar surface area (TPSA) is 52.5 Å². The summed E-state index contributed by atoms with van der Waals surface area (Å²) in [6, 6.07) is 0. The second-order valence-corrected chi connectivity index (χ2v) is 2.93. The predicted molar refractivity (Wildman–Crippen MR) is 38.7 cm³/mol. The molecule has 0 aromatic carbocycles. The van der Waals surface area contributed by atoms with Crippen LogP contribution in [0.5, 0.6) is 0 Å². The minimum Gasteiger partial charge on any atom is -0.389 e. The molecule has 3 heteroatoms. The van der Waals surface area contributed by atoms with Crippen molar-refractivity contribution in [1.29, 1.82) is 0 Å². The van der Waals surface area contributed by atoms with Crippen LogP contribution in [0.15, 0.2) is 0 Å². The zero-order valence-electron chi connectivity index (χ0n) is 6.30. The Kier molecular flexibility index (Phi) is 2.28. The molecule has 0 bridgehead atoms. The molecule has 1 heterocycles. The molecule has 0 spiro atoms. The van der Waals surface area contributed by atoms with Crippen molar-refractivity contribution in [2.45, 2.75) is 31.5 Å². The monoisotopic (exact) mass is 145 g/mol. The summed E-state index contributed by atoms with van der Waals surface area (Å²) in [5, 5.41) is 22.0. The van der Waals surface area contributed by atoms with Crippen molar-refractivity contribution in [2.75, 3.05) is 13.1 Å². The summed E-state index contributed by atoms with van der Waals surface area (Å²) in [5.41, 5.74) is -0.828. The number of nitrogens with one attached hydrogen (secondary N) is 1. The average molecular weight is 145 g/mol. The van der Waals surface area contributed by atoms with Crippen LogP contribution in [0.2, 0.25) is 0 Å². The van der Waals surface area contributed by atoms with Gasteiger partial charge in [0.15, 0.2) is 0 Å². The fourth-order valence-corrected chi connectivity index (χ4v) is 1.31. The van der Waals surface area contributed by atoms with Crippen molar-refractivity contribution in [2.24, 2.45) is 0 Å². The molecule has 0 saturated carbocycles. The lowest BCUT2D eigenvalue weighted by Gasteiger charge is -2.36. The highest BCUT2D eigenvalue weighted by atomic mass is 16.3. The third-order valence-electron chi connectivity index (χ3n) is 2.30. The molecule has 1 rings (SSSR count). The maximum Gasteiger partial charge on any atom is 0.0951 e. The maximum absolute atomic E-state index is 9.66.